The van der Waals surface area contributed by atoms with Crippen molar-refractivity contribution < 1.29 is 0 Å². The third kappa shape index (κ3) is 21.0. The van der Waals surface area contributed by atoms with Crippen LogP contribution < -0.4 is 0 Å². The summed E-state index contributed by atoms with van der Waals surface area (Å²) >= 11 is 0. The van der Waals surface area contributed by atoms with Crippen LogP contribution in [0.3, 0.4) is 0 Å². The summed E-state index contributed by atoms with van der Waals surface area (Å²) in [5.41, 5.74) is 4.35. The highest BCUT2D eigenvalue weighted by Crippen LogP contribution is 2.13. The van der Waals surface area contributed by atoms with Gasteiger partial charge in [0.25, 0.3) is 0 Å². The molecule has 0 nitrogen and oxygen atoms in total. The van der Waals surface area contributed by atoms with Crippen LogP contribution in [0.2, 0.25) is 0 Å². The van der Waals surface area contributed by atoms with E-state index in [1.165, 1.54) is 36.0 Å². The summed E-state index contributed by atoms with van der Waals surface area (Å²) in [5.74, 6) is 0.820. The average molecular weight is 403 g/mol. The highest BCUT2D eigenvalue weighted by atomic mass is 14.0. The van der Waals surface area contributed by atoms with Crippen molar-refractivity contribution in [1.29, 1.82) is 0 Å². The maximum absolute atomic E-state index is 2.31. The predicted octanol–water partition coefficient (Wildman–Crippen LogP) is 10.2. The van der Waals surface area contributed by atoms with Crippen molar-refractivity contribution in [1.82, 2.24) is 0 Å². The first-order valence-electron chi connectivity index (χ1n) is 11.9. The van der Waals surface area contributed by atoms with Gasteiger partial charge in [0.15, 0.2) is 0 Å². The molecule has 0 atom stereocenters. The third-order valence-electron chi connectivity index (χ3n) is 3.82. The Morgan fingerprint density at radius 3 is 1.24 bits per heavy atom. The quantitative estimate of drug-likeness (QED) is 0.432. The van der Waals surface area contributed by atoms with Crippen LogP contribution in [0.5, 0.6) is 0 Å². The summed E-state index contributed by atoms with van der Waals surface area (Å²) in [6, 6.07) is 19.9. The van der Waals surface area contributed by atoms with Gasteiger partial charge in [0, 0.05) is 0 Å². The molecular weight excluding hydrogens is 348 g/mol. The van der Waals surface area contributed by atoms with Gasteiger partial charge in [0.05, 0.1) is 0 Å². The molecule has 0 saturated heterocycles. The maximum atomic E-state index is 2.31. The number of hydrogen-bond donors (Lipinski definition) is 0. The average Bonchev–Trinajstić information content (AvgIpc) is 2.79. The van der Waals surface area contributed by atoms with Crippen LogP contribution in [0.25, 0.3) is 0 Å². The van der Waals surface area contributed by atoms with Crippen molar-refractivity contribution in [3.8, 4) is 0 Å². The third-order valence-corrected chi connectivity index (χ3v) is 3.82. The molecule has 0 aliphatic heterocycles. The summed E-state index contributed by atoms with van der Waals surface area (Å²) in [7, 11) is 0. The Bertz CT molecular complexity index is 479. The molecule has 2 aromatic rings. The monoisotopic (exact) mass is 402 g/mol. The second kappa shape index (κ2) is 28.6. The Hall–Kier alpha value is -1.56. The fraction of sp³-hybridized carbons (Fsp3) is 0.586. The molecule has 0 spiro atoms. The van der Waals surface area contributed by atoms with Crippen LogP contribution in [-0.2, 0) is 19.3 Å². The fourth-order valence-electron chi connectivity index (χ4n) is 2.52. The van der Waals surface area contributed by atoms with Gasteiger partial charge in [-0.15, -0.1) is 0 Å². The highest BCUT2D eigenvalue weighted by Gasteiger charge is 1.99. The summed E-state index contributed by atoms with van der Waals surface area (Å²) in [6.45, 7) is 20.6. The summed E-state index contributed by atoms with van der Waals surface area (Å²) < 4.78 is 0. The predicted molar refractivity (Wildman–Crippen MR) is 140 cm³/mol. The lowest BCUT2D eigenvalue weighted by atomic mass is 10.00. The van der Waals surface area contributed by atoms with Gasteiger partial charge < -0.3 is 0 Å². The molecule has 0 N–H and O–H groups in total. The van der Waals surface area contributed by atoms with E-state index >= 15 is 0 Å². The van der Waals surface area contributed by atoms with Gasteiger partial charge in [-0.2, -0.15) is 0 Å². The SMILES string of the molecule is C.CC.CC.CC.CC.CC(C)CCCc1ccc(CCc2ccccc2)cc1. The molecule has 0 saturated carbocycles. The Labute approximate surface area is 186 Å². The van der Waals surface area contributed by atoms with Crippen LogP contribution >= 0.6 is 0 Å². The largest absolute Gasteiger partial charge is 0.0776 e. The van der Waals surface area contributed by atoms with Gasteiger partial charge in [0.1, 0.15) is 0 Å². The molecule has 0 unspecified atom stereocenters. The molecule has 0 aliphatic rings. The molecule has 2 rings (SSSR count). The summed E-state index contributed by atoms with van der Waals surface area (Å²) in [6.07, 6.45) is 6.12. The molecular formula is C29H54. The zero-order valence-corrected chi connectivity index (χ0v) is 20.8. The molecule has 29 heavy (non-hydrogen) atoms. The van der Waals surface area contributed by atoms with Gasteiger partial charge >= 0.3 is 0 Å². The Morgan fingerprint density at radius 2 is 0.862 bits per heavy atom. The molecule has 2 aromatic carbocycles. The summed E-state index contributed by atoms with van der Waals surface area (Å²) in [5, 5.41) is 0. The van der Waals surface area contributed by atoms with Crippen LogP contribution in [0.1, 0.15) is 106 Å². The van der Waals surface area contributed by atoms with Gasteiger partial charge in [-0.1, -0.05) is 138 Å². The Balaban J connectivity index is -0.000000310. The molecule has 0 heterocycles. The maximum Gasteiger partial charge on any atom is -0.0238 e. The van der Waals surface area contributed by atoms with E-state index in [4.69, 9.17) is 0 Å². The standard InChI is InChI=1S/C20H26.4C2H6.CH4/c1-17(2)7-6-10-19-12-15-20(16-13-19)14-11-18-8-4-3-5-9-18;4*1-2;/h3-5,8-9,12-13,15-17H,6-7,10-11,14H2,1-2H3;4*1-2H3;1H4. The van der Waals surface area contributed by atoms with E-state index < -0.39 is 0 Å². The van der Waals surface area contributed by atoms with Crippen molar-refractivity contribution in [2.24, 2.45) is 5.92 Å². The molecule has 0 fully saturated rings. The van der Waals surface area contributed by atoms with Crippen molar-refractivity contribution in [3.63, 3.8) is 0 Å². The lowest BCUT2D eigenvalue weighted by molar-refractivity contribution is 0.556. The fourth-order valence-corrected chi connectivity index (χ4v) is 2.52. The molecule has 0 heteroatoms. The van der Waals surface area contributed by atoms with Crippen LogP contribution in [0.4, 0.5) is 0 Å². The number of aryl methyl sites for hydroxylation is 3. The second-order valence-electron chi connectivity index (χ2n) is 6.09. The Morgan fingerprint density at radius 1 is 0.517 bits per heavy atom. The molecule has 0 aliphatic carbocycles. The first kappa shape index (κ1) is 34.9. The summed E-state index contributed by atoms with van der Waals surface area (Å²) in [4.78, 5) is 0. The van der Waals surface area contributed by atoms with E-state index in [9.17, 15) is 0 Å². The second-order valence-corrected chi connectivity index (χ2v) is 6.09. The minimum atomic E-state index is 0. The van der Waals surface area contributed by atoms with E-state index in [2.05, 4.69) is 68.4 Å². The van der Waals surface area contributed by atoms with Crippen molar-refractivity contribution in [2.45, 2.75) is 109 Å². The van der Waals surface area contributed by atoms with Crippen molar-refractivity contribution in [2.75, 3.05) is 0 Å². The van der Waals surface area contributed by atoms with E-state index in [1.807, 2.05) is 55.4 Å². The number of hydrogen-bond acceptors (Lipinski definition) is 0. The topological polar surface area (TPSA) is 0 Å². The minimum Gasteiger partial charge on any atom is -0.0776 e. The first-order chi connectivity index (χ1) is 13.7. The van der Waals surface area contributed by atoms with Crippen LogP contribution in [0.15, 0.2) is 54.6 Å². The molecule has 170 valence electrons. The Kier molecular flexibility index (Phi) is 34.5. The van der Waals surface area contributed by atoms with Crippen molar-refractivity contribution in [3.05, 3.63) is 71.3 Å². The minimum absolute atomic E-state index is 0. The highest BCUT2D eigenvalue weighted by molar-refractivity contribution is 5.24. The van der Waals surface area contributed by atoms with Crippen LogP contribution in [-0.4, -0.2) is 0 Å². The zero-order valence-electron chi connectivity index (χ0n) is 20.8. The molecule has 0 aromatic heterocycles. The van der Waals surface area contributed by atoms with E-state index in [1.54, 1.807) is 0 Å². The van der Waals surface area contributed by atoms with Gasteiger partial charge in [-0.05, 0) is 48.3 Å². The normalized spacial score (nSPS) is 8.38. The van der Waals surface area contributed by atoms with E-state index in [-0.39, 0.29) is 7.43 Å². The van der Waals surface area contributed by atoms with Gasteiger partial charge in [-0.25, -0.2) is 0 Å². The van der Waals surface area contributed by atoms with E-state index in [0.29, 0.717) is 0 Å². The lowest BCUT2D eigenvalue weighted by Crippen LogP contribution is -1.93. The van der Waals surface area contributed by atoms with Gasteiger partial charge in [-0.3, -0.25) is 0 Å². The van der Waals surface area contributed by atoms with Crippen LogP contribution in [0, 0.1) is 5.92 Å². The number of rotatable bonds is 7. The molecule has 0 bridgehead atoms. The number of benzene rings is 2. The lowest BCUT2D eigenvalue weighted by Gasteiger charge is -2.06. The zero-order chi connectivity index (χ0) is 22.2. The van der Waals surface area contributed by atoms with Gasteiger partial charge in [0.2, 0.25) is 0 Å². The smallest absolute Gasteiger partial charge is 0.0238 e. The van der Waals surface area contributed by atoms with Crippen molar-refractivity contribution >= 4 is 0 Å². The van der Waals surface area contributed by atoms with E-state index in [0.717, 1.165) is 18.8 Å². The first-order valence-corrected chi connectivity index (χ1v) is 11.9. The molecule has 0 amide bonds. The molecule has 0 radical (unpaired) electrons.